The van der Waals surface area contributed by atoms with Gasteiger partial charge < -0.3 is 15.4 Å². The summed E-state index contributed by atoms with van der Waals surface area (Å²) in [6.07, 6.45) is 0. The summed E-state index contributed by atoms with van der Waals surface area (Å²) in [6.45, 7) is 0.910. The van der Waals surface area contributed by atoms with Crippen molar-refractivity contribution in [3.05, 3.63) is 59.4 Å². The van der Waals surface area contributed by atoms with E-state index in [1.165, 1.54) is 6.07 Å². The summed E-state index contributed by atoms with van der Waals surface area (Å²) in [7, 11) is 3.54. The van der Waals surface area contributed by atoms with Gasteiger partial charge in [0.2, 0.25) is 0 Å². The normalized spacial score (nSPS) is 10.4. The van der Waals surface area contributed by atoms with E-state index in [4.69, 9.17) is 10.5 Å². The van der Waals surface area contributed by atoms with Gasteiger partial charge in [0.05, 0.1) is 7.11 Å². The Hall–Kier alpha value is -2.07. The Morgan fingerprint density at radius 3 is 2.55 bits per heavy atom. The number of hydrogen-bond donors (Lipinski definition) is 1. The van der Waals surface area contributed by atoms with E-state index in [1.54, 1.807) is 19.2 Å². The molecule has 106 valence electrons. The minimum absolute atomic E-state index is 0.198. The van der Waals surface area contributed by atoms with Gasteiger partial charge in [-0.3, -0.25) is 0 Å². The van der Waals surface area contributed by atoms with Crippen LogP contribution in [0.3, 0.4) is 0 Å². The molecule has 3 nitrogen and oxygen atoms in total. The molecule has 0 saturated carbocycles. The van der Waals surface area contributed by atoms with E-state index in [-0.39, 0.29) is 5.82 Å². The zero-order valence-corrected chi connectivity index (χ0v) is 11.8. The maximum Gasteiger partial charge on any atom is 0.128 e. The second kappa shape index (κ2) is 6.39. The third kappa shape index (κ3) is 3.08. The molecule has 0 amide bonds. The molecule has 0 saturated heterocycles. The number of methoxy groups -OCH3 is 1. The highest BCUT2D eigenvalue weighted by atomic mass is 19.1. The Kier molecular flexibility index (Phi) is 4.58. The lowest BCUT2D eigenvalue weighted by Gasteiger charge is -2.23. The van der Waals surface area contributed by atoms with Crippen LogP contribution in [0.25, 0.3) is 0 Å². The van der Waals surface area contributed by atoms with Crippen LogP contribution < -0.4 is 15.4 Å². The molecule has 0 aliphatic rings. The van der Waals surface area contributed by atoms with Crippen molar-refractivity contribution in [3.63, 3.8) is 0 Å². The van der Waals surface area contributed by atoms with E-state index in [0.717, 1.165) is 17.0 Å². The van der Waals surface area contributed by atoms with E-state index < -0.39 is 0 Å². The van der Waals surface area contributed by atoms with Crippen LogP contribution in [0.15, 0.2) is 42.5 Å². The molecule has 0 aromatic heterocycles. The molecule has 0 fully saturated rings. The monoisotopic (exact) mass is 274 g/mol. The number of benzene rings is 2. The Labute approximate surface area is 118 Å². The van der Waals surface area contributed by atoms with Crippen molar-refractivity contribution in [1.82, 2.24) is 0 Å². The van der Waals surface area contributed by atoms with Crippen molar-refractivity contribution in [1.29, 1.82) is 0 Å². The number of halogens is 1. The van der Waals surface area contributed by atoms with Gasteiger partial charge in [-0.25, -0.2) is 4.39 Å². The second-order valence-electron chi connectivity index (χ2n) is 4.65. The zero-order valence-electron chi connectivity index (χ0n) is 11.8. The molecule has 0 aliphatic carbocycles. The topological polar surface area (TPSA) is 38.5 Å². The quantitative estimate of drug-likeness (QED) is 0.911. The van der Waals surface area contributed by atoms with Gasteiger partial charge in [-0.1, -0.05) is 24.3 Å². The lowest BCUT2D eigenvalue weighted by molar-refractivity contribution is 0.414. The lowest BCUT2D eigenvalue weighted by atomic mass is 10.1. The molecule has 0 heterocycles. The fourth-order valence-electron chi connectivity index (χ4n) is 2.17. The molecule has 0 radical (unpaired) electrons. The third-order valence-electron chi connectivity index (χ3n) is 3.29. The number of nitrogens with zero attached hydrogens (tertiary/aromatic N) is 1. The molecule has 2 aromatic carbocycles. The Morgan fingerprint density at radius 2 is 1.90 bits per heavy atom. The van der Waals surface area contributed by atoms with Crippen LogP contribution in [0.2, 0.25) is 0 Å². The van der Waals surface area contributed by atoms with Crippen LogP contribution in [0.1, 0.15) is 11.1 Å². The fourth-order valence-corrected chi connectivity index (χ4v) is 2.17. The minimum atomic E-state index is -0.198. The summed E-state index contributed by atoms with van der Waals surface area (Å²) in [5.74, 6) is 0.564. The van der Waals surface area contributed by atoms with Crippen molar-refractivity contribution in [2.45, 2.75) is 13.1 Å². The van der Waals surface area contributed by atoms with Crippen molar-refractivity contribution in [2.75, 3.05) is 19.1 Å². The summed E-state index contributed by atoms with van der Waals surface area (Å²) in [4.78, 5) is 1.98. The van der Waals surface area contributed by atoms with E-state index in [9.17, 15) is 4.39 Å². The first kappa shape index (κ1) is 14.3. The highest BCUT2D eigenvalue weighted by molar-refractivity contribution is 5.57. The van der Waals surface area contributed by atoms with Crippen molar-refractivity contribution >= 4 is 5.69 Å². The van der Waals surface area contributed by atoms with E-state index in [0.29, 0.717) is 18.7 Å². The van der Waals surface area contributed by atoms with Gasteiger partial charge in [0, 0.05) is 37.5 Å². The minimum Gasteiger partial charge on any atom is -0.497 e. The molecule has 0 unspecified atom stereocenters. The molecule has 20 heavy (non-hydrogen) atoms. The van der Waals surface area contributed by atoms with Crippen LogP contribution in [0.4, 0.5) is 10.1 Å². The number of rotatable bonds is 5. The molecule has 0 bridgehead atoms. The molecular weight excluding hydrogens is 255 g/mol. The number of anilines is 1. The first-order valence-electron chi connectivity index (χ1n) is 6.47. The predicted molar refractivity (Wildman–Crippen MR) is 79.4 cm³/mol. The van der Waals surface area contributed by atoms with E-state index in [1.807, 2.05) is 36.2 Å². The van der Waals surface area contributed by atoms with E-state index in [2.05, 4.69) is 0 Å². The summed E-state index contributed by atoms with van der Waals surface area (Å²) < 4.78 is 19.0. The summed E-state index contributed by atoms with van der Waals surface area (Å²) in [5.41, 5.74) is 8.37. The van der Waals surface area contributed by atoms with Gasteiger partial charge in [0.25, 0.3) is 0 Å². The molecule has 0 aliphatic heterocycles. The number of hydrogen-bond acceptors (Lipinski definition) is 3. The first-order valence-corrected chi connectivity index (χ1v) is 6.47. The Bertz CT molecular complexity index is 586. The van der Waals surface area contributed by atoms with Gasteiger partial charge in [0.15, 0.2) is 0 Å². The standard InChI is InChI=1S/C16H19FN2O/c1-19(11-13-5-3-4-6-15(13)17)16-9-14(20-2)8-7-12(16)10-18/h3-9H,10-11,18H2,1-2H3. The largest absolute Gasteiger partial charge is 0.497 e. The number of nitrogens with two attached hydrogens (primary N) is 1. The van der Waals surface area contributed by atoms with Crippen molar-refractivity contribution in [3.8, 4) is 5.75 Å². The maximum atomic E-state index is 13.7. The van der Waals surface area contributed by atoms with Gasteiger partial charge in [0.1, 0.15) is 11.6 Å². The van der Waals surface area contributed by atoms with Gasteiger partial charge in [-0.05, 0) is 17.7 Å². The van der Waals surface area contributed by atoms with Crippen LogP contribution in [-0.2, 0) is 13.1 Å². The fraction of sp³-hybridized carbons (Fsp3) is 0.250. The van der Waals surface area contributed by atoms with Gasteiger partial charge in [-0.2, -0.15) is 0 Å². The molecule has 0 spiro atoms. The maximum absolute atomic E-state index is 13.7. The molecule has 2 rings (SSSR count). The predicted octanol–water partition coefficient (Wildman–Crippen LogP) is 2.93. The highest BCUT2D eigenvalue weighted by Gasteiger charge is 2.10. The second-order valence-corrected chi connectivity index (χ2v) is 4.65. The van der Waals surface area contributed by atoms with Crippen LogP contribution >= 0.6 is 0 Å². The Balaban J connectivity index is 2.28. The van der Waals surface area contributed by atoms with Crippen LogP contribution in [0, 0.1) is 5.82 Å². The molecular formula is C16H19FN2O. The zero-order chi connectivity index (χ0) is 14.5. The van der Waals surface area contributed by atoms with Crippen LogP contribution in [0.5, 0.6) is 5.75 Å². The third-order valence-corrected chi connectivity index (χ3v) is 3.29. The van der Waals surface area contributed by atoms with E-state index >= 15 is 0 Å². The summed E-state index contributed by atoms with van der Waals surface area (Å²) in [5, 5.41) is 0. The molecule has 2 aromatic rings. The van der Waals surface area contributed by atoms with Crippen molar-refractivity contribution < 1.29 is 9.13 Å². The first-order chi connectivity index (χ1) is 9.65. The van der Waals surface area contributed by atoms with Gasteiger partial charge >= 0.3 is 0 Å². The van der Waals surface area contributed by atoms with Gasteiger partial charge in [-0.15, -0.1) is 0 Å². The smallest absolute Gasteiger partial charge is 0.128 e. The molecule has 0 atom stereocenters. The molecule has 2 N–H and O–H groups in total. The lowest BCUT2D eigenvalue weighted by Crippen LogP contribution is -2.19. The average Bonchev–Trinajstić information content (AvgIpc) is 2.48. The highest BCUT2D eigenvalue weighted by Crippen LogP contribution is 2.26. The Morgan fingerprint density at radius 1 is 1.15 bits per heavy atom. The summed E-state index contributed by atoms with van der Waals surface area (Å²) in [6, 6.07) is 12.5. The SMILES string of the molecule is COc1ccc(CN)c(N(C)Cc2ccccc2F)c1. The summed E-state index contributed by atoms with van der Waals surface area (Å²) >= 11 is 0. The number of ether oxygens (including phenoxy) is 1. The average molecular weight is 274 g/mol. The van der Waals surface area contributed by atoms with Crippen LogP contribution in [-0.4, -0.2) is 14.2 Å². The molecule has 4 heteroatoms. The van der Waals surface area contributed by atoms with Crippen molar-refractivity contribution in [2.24, 2.45) is 5.73 Å².